The zero-order chi connectivity index (χ0) is 29.4. The minimum absolute atomic E-state index is 0.498. The van der Waals surface area contributed by atoms with Gasteiger partial charge in [0.05, 0.1) is 33.4 Å². The number of halogens is 2. The van der Waals surface area contributed by atoms with E-state index in [1.54, 1.807) is 0 Å². The molecule has 0 N–H and O–H groups in total. The zero-order valence-electron chi connectivity index (χ0n) is 24.1. The molecule has 0 saturated heterocycles. The Balaban J connectivity index is 1.55. The molecular formula is C39H28F2N2. The van der Waals surface area contributed by atoms with Crippen LogP contribution in [0.15, 0.2) is 115 Å². The lowest BCUT2D eigenvalue weighted by Gasteiger charge is -2.21. The molecule has 208 valence electrons. The van der Waals surface area contributed by atoms with Crippen LogP contribution in [-0.4, -0.2) is 9.13 Å². The number of nitrogens with zero attached hydrogens (tertiary/aromatic N) is 2. The highest BCUT2D eigenvalue weighted by Crippen LogP contribution is 2.42. The van der Waals surface area contributed by atoms with E-state index in [4.69, 9.17) is 0 Å². The lowest BCUT2D eigenvalue weighted by atomic mass is 9.98. The minimum Gasteiger partial charge on any atom is -0.309 e. The van der Waals surface area contributed by atoms with Crippen molar-refractivity contribution in [1.29, 1.82) is 0 Å². The summed E-state index contributed by atoms with van der Waals surface area (Å²) in [6.07, 6.45) is 0. The Morgan fingerprint density at radius 3 is 1.58 bits per heavy atom. The van der Waals surface area contributed by atoms with Crippen molar-refractivity contribution in [1.82, 2.24) is 9.13 Å². The van der Waals surface area contributed by atoms with Crippen molar-refractivity contribution < 1.29 is 8.78 Å². The lowest BCUT2D eigenvalue weighted by molar-refractivity contribution is 0.584. The standard InChI is InChI=1S/C39H28F2N2/c1-23-12-15-37-32(18-23)30-8-4-6-10-35(30)42(37)34-17-14-29(26-20-27(40)22-28(41)21-26)39(25(34)3)43-36-11-7-5-9-31(36)33-19-24(2)13-16-38(33)43/h4-22H,1-3H3. The molecule has 0 saturated carbocycles. The van der Waals surface area contributed by atoms with E-state index in [1.807, 2.05) is 12.1 Å². The summed E-state index contributed by atoms with van der Waals surface area (Å²) in [5.74, 6) is -1.20. The fourth-order valence-electron chi connectivity index (χ4n) is 6.84. The SMILES string of the molecule is Cc1ccc2c(c1)c1ccccc1n2-c1ccc(-c2cc(F)cc(F)c2)c(-n2c3ccccc3c3cc(C)ccc32)c1C. The number of aryl methyl sites for hydroxylation is 2. The highest BCUT2D eigenvalue weighted by Gasteiger charge is 2.22. The van der Waals surface area contributed by atoms with Gasteiger partial charge in [-0.05, 0) is 86.5 Å². The van der Waals surface area contributed by atoms with Gasteiger partial charge >= 0.3 is 0 Å². The van der Waals surface area contributed by atoms with E-state index in [0.29, 0.717) is 5.56 Å². The Morgan fingerprint density at radius 1 is 0.465 bits per heavy atom. The molecule has 4 heteroatoms. The van der Waals surface area contributed by atoms with E-state index in [2.05, 4.69) is 115 Å². The van der Waals surface area contributed by atoms with Gasteiger partial charge in [-0.25, -0.2) is 8.78 Å². The highest BCUT2D eigenvalue weighted by atomic mass is 19.1. The second kappa shape index (κ2) is 9.40. The van der Waals surface area contributed by atoms with Gasteiger partial charge in [0.2, 0.25) is 0 Å². The van der Waals surface area contributed by atoms with Gasteiger partial charge in [-0.2, -0.15) is 0 Å². The molecule has 0 spiro atoms. The van der Waals surface area contributed by atoms with Crippen molar-refractivity contribution in [2.75, 3.05) is 0 Å². The number of rotatable bonds is 3. The molecule has 2 aromatic heterocycles. The molecule has 6 aromatic carbocycles. The van der Waals surface area contributed by atoms with E-state index < -0.39 is 11.6 Å². The number of para-hydroxylation sites is 2. The largest absolute Gasteiger partial charge is 0.309 e. The molecule has 8 aromatic rings. The predicted octanol–water partition coefficient (Wildman–Crippen LogP) is 10.8. The summed E-state index contributed by atoms with van der Waals surface area (Å²) in [5, 5.41) is 4.66. The van der Waals surface area contributed by atoms with Gasteiger partial charge in [-0.15, -0.1) is 0 Å². The van der Waals surface area contributed by atoms with E-state index in [-0.39, 0.29) is 0 Å². The van der Waals surface area contributed by atoms with E-state index in [0.717, 1.165) is 61.4 Å². The van der Waals surface area contributed by atoms with Crippen molar-refractivity contribution >= 4 is 43.6 Å². The summed E-state index contributed by atoms with van der Waals surface area (Å²) < 4.78 is 33.9. The molecule has 0 aliphatic heterocycles. The zero-order valence-corrected chi connectivity index (χ0v) is 24.1. The quantitative estimate of drug-likeness (QED) is 0.203. The van der Waals surface area contributed by atoms with Crippen LogP contribution in [0, 0.1) is 32.4 Å². The van der Waals surface area contributed by atoms with Crippen molar-refractivity contribution in [2.24, 2.45) is 0 Å². The maximum Gasteiger partial charge on any atom is 0.126 e. The third kappa shape index (κ3) is 3.83. The summed E-state index contributed by atoms with van der Waals surface area (Å²) in [6.45, 7) is 6.33. The van der Waals surface area contributed by atoms with Gasteiger partial charge in [-0.1, -0.05) is 65.7 Å². The van der Waals surface area contributed by atoms with Gasteiger partial charge in [0.25, 0.3) is 0 Å². The molecule has 0 unspecified atom stereocenters. The third-order valence-corrected chi connectivity index (χ3v) is 8.70. The second-order valence-electron chi connectivity index (χ2n) is 11.5. The number of benzene rings is 6. The molecular weight excluding hydrogens is 534 g/mol. The van der Waals surface area contributed by atoms with Crippen LogP contribution in [0.1, 0.15) is 16.7 Å². The molecule has 0 fully saturated rings. The van der Waals surface area contributed by atoms with E-state index in [9.17, 15) is 8.78 Å². The van der Waals surface area contributed by atoms with Gasteiger partial charge < -0.3 is 9.13 Å². The lowest BCUT2D eigenvalue weighted by Crippen LogP contribution is -2.06. The Bertz CT molecular complexity index is 2390. The van der Waals surface area contributed by atoms with Crippen LogP contribution in [0.5, 0.6) is 0 Å². The molecule has 0 amide bonds. The fraction of sp³-hybridized carbons (Fsp3) is 0.0769. The molecule has 0 bridgehead atoms. The Hall–Kier alpha value is -5.22. The van der Waals surface area contributed by atoms with Crippen LogP contribution < -0.4 is 0 Å². The van der Waals surface area contributed by atoms with Gasteiger partial charge in [0.15, 0.2) is 0 Å². The molecule has 0 radical (unpaired) electrons. The van der Waals surface area contributed by atoms with Gasteiger partial charge in [0, 0.05) is 33.2 Å². The predicted molar refractivity (Wildman–Crippen MR) is 175 cm³/mol. The summed E-state index contributed by atoms with van der Waals surface area (Å²) in [4.78, 5) is 0. The average Bonchev–Trinajstić information content (AvgIpc) is 3.49. The van der Waals surface area contributed by atoms with Crippen LogP contribution in [0.4, 0.5) is 8.78 Å². The first-order valence-corrected chi connectivity index (χ1v) is 14.5. The Labute approximate surface area is 248 Å². The number of hydrogen-bond donors (Lipinski definition) is 0. The molecule has 2 nitrogen and oxygen atoms in total. The highest BCUT2D eigenvalue weighted by molar-refractivity contribution is 6.11. The van der Waals surface area contributed by atoms with E-state index >= 15 is 0 Å². The maximum absolute atomic E-state index is 14.7. The van der Waals surface area contributed by atoms with Gasteiger partial charge in [0.1, 0.15) is 11.6 Å². The number of hydrogen-bond acceptors (Lipinski definition) is 0. The van der Waals surface area contributed by atoms with Gasteiger partial charge in [-0.3, -0.25) is 0 Å². The van der Waals surface area contributed by atoms with E-state index in [1.165, 1.54) is 34.0 Å². The first-order chi connectivity index (χ1) is 20.9. The summed E-state index contributed by atoms with van der Waals surface area (Å²) >= 11 is 0. The monoisotopic (exact) mass is 562 g/mol. The average molecular weight is 563 g/mol. The Kier molecular flexibility index (Phi) is 5.57. The van der Waals surface area contributed by atoms with Crippen LogP contribution in [0.2, 0.25) is 0 Å². The summed E-state index contributed by atoms with van der Waals surface area (Å²) in [6, 6.07) is 37.7. The maximum atomic E-state index is 14.7. The summed E-state index contributed by atoms with van der Waals surface area (Å²) in [7, 11) is 0. The van der Waals surface area contributed by atoms with Crippen molar-refractivity contribution in [3.63, 3.8) is 0 Å². The van der Waals surface area contributed by atoms with Crippen LogP contribution in [0.3, 0.4) is 0 Å². The first-order valence-electron chi connectivity index (χ1n) is 14.5. The van der Waals surface area contributed by atoms with Crippen LogP contribution in [-0.2, 0) is 0 Å². The van der Waals surface area contributed by atoms with Crippen molar-refractivity contribution in [3.05, 3.63) is 144 Å². The number of fused-ring (bicyclic) bond motifs is 6. The smallest absolute Gasteiger partial charge is 0.126 e. The molecule has 43 heavy (non-hydrogen) atoms. The molecule has 0 aliphatic carbocycles. The second-order valence-corrected chi connectivity index (χ2v) is 11.5. The fourth-order valence-corrected chi connectivity index (χ4v) is 6.84. The first kappa shape index (κ1) is 25.5. The van der Waals surface area contributed by atoms with Crippen molar-refractivity contribution in [3.8, 4) is 22.5 Å². The Morgan fingerprint density at radius 2 is 0.977 bits per heavy atom. The topological polar surface area (TPSA) is 9.86 Å². The third-order valence-electron chi connectivity index (χ3n) is 8.70. The van der Waals surface area contributed by atoms with Crippen molar-refractivity contribution in [2.45, 2.75) is 20.8 Å². The normalized spacial score (nSPS) is 11.8. The minimum atomic E-state index is -0.599. The molecule has 0 aliphatic rings. The molecule has 0 atom stereocenters. The van der Waals surface area contributed by atoms with Crippen LogP contribution in [0.25, 0.3) is 66.1 Å². The molecule has 2 heterocycles. The number of aromatic nitrogens is 2. The molecule has 8 rings (SSSR count). The summed E-state index contributed by atoms with van der Waals surface area (Å²) in [5.41, 5.74) is 10.9. The van der Waals surface area contributed by atoms with Crippen LogP contribution >= 0.6 is 0 Å².